The van der Waals surface area contributed by atoms with Gasteiger partial charge in [-0.05, 0) is 49.8 Å². The molecule has 2 aliphatic rings. The van der Waals surface area contributed by atoms with Crippen LogP contribution in [0.2, 0.25) is 0 Å². The molecule has 2 atom stereocenters. The van der Waals surface area contributed by atoms with Crippen LogP contribution >= 0.6 is 0 Å². The maximum atomic E-state index is 13.2. The molecule has 33 heavy (non-hydrogen) atoms. The molecule has 4 rings (SSSR count). The summed E-state index contributed by atoms with van der Waals surface area (Å²) in [6.07, 6.45) is 6.82. The van der Waals surface area contributed by atoms with Crippen LogP contribution in [0.25, 0.3) is 6.08 Å². The third-order valence-electron chi connectivity index (χ3n) is 6.18. The zero-order valence-corrected chi connectivity index (χ0v) is 18.7. The largest absolute Gasteiger partial charge is 0.507 e. The molecule has 0 saturated carbocycles. The number of phenolic OH excluding ortho intramolecular Hbond substituents is 1. The summed E-state index contributed by atoms with van der Waals surface area (Å²) in [4.78, 5) is 37.5. The molecular weight excluding hydrogens is 420 g/mol. The van der Waals surface area contributed by atoms with Crippen molar-refractivity contribution >= 4 is 23.8 Å². The molecular formula is C27H28O6. The van der Waals surface area contributed by atoms with E-state index < -0.39 is 24.0 Å². The summed E-state index contributed by atoms with van der Waals surface area (Å²) < 4.78 is 11.1. The highest BCUT2D eigenvalue weighted by molar-refractivity contribution is 5.98. The Labute approximate surface area is 193 Å². The molecule has 2 heterocycles. The number of fused-ring (bicyclic) bond motifs is 2. The lowest BCUT2D eigenvalue weighted by Gasteiger charge is -2.27. The molecule has 2 aliphatic heterocycles. The smallest absolute Gasteiger partial charge is 0.342 e. The predicted molar refractivity (Wildman–Crippen MR) is 123 cm³/mol. The average Bonchev–Trinajstić information content (AvgIpc) is 2.78. The SMILES string of the molecule is CC1CCCC(=O)CCC/C=C/c2cc3c(c(O)c2C(=O)O1)C(c1ccccc1)CC(=O)O3. The molecule has 0 fully saturated rings. The van der Waals surface area contributed by atoms with Gasteiger partial charge in [0.05, 0.1) is 12.5 Å². The Kier molecular flexibility index (Phi) is 6.92. The van der Waals surface area contributed by atoms with Gasteiger partial charge in [0.15, 0.2) is 0 Å². The summed E-state index contributed by atoms with van der Waals surface area (Å²) in [6, 6.07) is 11.0. The summed E-state index contributed by atoms with van der Waals surface area (Å²) in [6.45, 7) is 1.79. The summed E-state index contributed by atoms with van der Waals surface area (Å²) >= 11 is 0. The van der Waals surface area contributed by atoms with E-state index in [1.807, 2.05) is 36.4 Å². The maximum Gasteiger partial charge on any atom is 0.342 e. The number of cyclic esters (lactones) is 1. The van der Waals surface area contributed by atoms with Crippen LogP contribution in [-0.4, -0.2) is 28.9 Å². The van der Waals surface area contributed by atoms with E-state index >= 15 is 0 Å². The Morgan fingerprint density at radius 2 is 1.79 bits per heavy atom. The number of esters is 2. The Balaban J connectivity index is 1.80. The van der Waals surface area contributed by atoms with Crippen molar-refractivity contribution in [1.82, 2.24) is 0 Å². The molecule has 6 nitrogen and oxygen atoms in total. The minimum absolute atomic E-state index is 0.0681. The number of Topliss-reactive ketones (excluding diaryl/α,β-unsaturated/α-hetero) is 1. The quantitative estimate of drug-likeness (QED) is 0.469. The first kappa shape index (κ1) is 22.8. The molecule has 0 aliphatic carbocycles. The van der Waals surface area contributed by atoms with E-state index in [-0.39, 0.29) is 29.3 Å². The molecule has 0 amide bonds. The van der Waals surface area contributed by atoms with Gasteiger partial charge in [0.2, 0.25) is 0 Å². The molecule has 172 valence electrons. The lowest BCUT2D eigenvalue weighted by atomic mass is 9.83. The van der Waals surface area contributed by atoms with Crippen LogP contribution in [0.4, 0.5) is 0 Å². The van der Waals surface area contributed by atoms with E-state index in [9.17, 15) is 19.5 Å². The van der Waals surface area contributed by atoms with Crippen LogP contribution in [0.5, 0.6) is 11.5 Å². The molecule has 0 radical (unpaired) electrons. The molecule has 2 aromatic carbocycles. The number of hydrogen-bond donors (Lipinski definition) is 1. The number of hydrogen-bond acceptors (Lipinski definition) is 6. The van der Waals surface area contributed by atoms with Crippen molar-refractivity contribution in [2.45, 2.75) is 63.9 Å². The zero-order chi connectivity index (χ0) is 23.4. The monoisotopic (exact) mass is 448 g/mol. The summed E-state index contributed by atoms with van der Waals surface area (Å²) in [5.74, 6) is -1.21. The fraction of sp³-hybridized carbons (Fsp3) is 0.370. The van der Waals surface area contributed by atoms with Gasteiger partial charge in [-0.3, -0.25) is 9.59 Å². The van der Waals surface area contributed by atoms with Crippen LogP contribution in [0.15, 0.2) is 42.5 Å². The first-order valence-electron chi connectivity index (χ1n) is 11.5. The zero-order valence-electron chi connectivity index (χ0n) is 18.7. The third-order valence-corrected chi connectivity index (χ3v) is 6.18. The normalized spacial score (nSPS) is 22.9. The first-order valence-corrected chi connectivity index (χ1v) is 11.5. The molecule has 0 bridgehead atoms. The summed E-state index contributed by atoms with van der Waals surface area (Å²) in [7, 11) is 0. The number of ether oxygens (including phenoxy) is 2. The summed E-state index contributed by atoms with van der Waals surface area (Å²) in [5, 5.41) is 11.3. The number of rotatable bonds is 1. The maximum absolute atomic E-state index is 13.2. The van der Waals surface area contributed by atoms with Gasteiger partial charge in [-0.2, -0.15) is 0 Å². The second-order valence-corrected chi connectivity index (χ2v) is 8.68. The highest BCUT2D eigenvalue weighted by Crippen LogP contribution is 2.47. The highest BCUT2D eigenvalue weighted by Gasteiger charge is 2.35. The Morgan fingerprint density at radius 1 is 1.03 bits per heavy atom. The van der Waals surface area contributed by atoms with Gasteiger partial charge in [0, 0.05) is 24.3 Å². The molecule has 1 N–H and O–H groups in total. The fourth-order valence-electron chi connectivity index (χ4n) is 4.49. The van der Waals surface area contributed by atoms with Crippen LogP contribution in [0.1, 0.15) is 84.8 Å². The Hall–Kier alpha value is -3.41. The van der Waals surface area contributed by atoms with Gasteiger partial charge < -0.3 is 14.6 Å². The number of aromatic hydroxyl groups is 1. The number of ketones is 1. The molecule has 0 spiro atoms. The van der Waals surface area contributed by atoms with Gasteiger partial charge in [0.25, 0.3) is 0 Å². The molecule has 0 saturated heterocycles. The second-order valence-electron chi connectivity index (χ2n) is 8.68. The minimum Gasteiger partial charge on any atom is -0.507 e. The van der Waals surface area contributed by atoms with Gasteiger partial charge in [-0.15, -0.1) is 0 Å². The molecule has 6 heteroatoms. The fourth-order valence-corrected chi connectivity index (χ4v) is 4.49. The first-order chi connectivity index (χ1) is 15.9. The van der Waals surface area contributed by atoms with E-state index in [4.69, 9.17) is 9.47 Å². The van der Waals surface area contributed by atoms with E-state index in [0.717, 1.165) is 5.56 Å². The van der Waals surface area contributed by atoms with Crippen LogP contribution in [0, 0.1) is 0 Å². The molecule has 2 unspecified atom stereocenters. The summed E-state index contributed by atoms with van der Waals surface area (Å²) in [5.41, 5.74) is 1.77. The Morgan fingerprint density at radius 3 is 2.58 bits per heavy atom. The lowest BCUT2D eigenvalue weighted by molar-refractivity contribution is -0.135. The number of benzene rings is 2. The second kappa shape index (κ2) is 10.0. The standard InChI is InChI=1S/C27H28O6/c1-17-9-8-14-20(28)13-7-3-6-12-19-15-22-25(26(30)24(19)27(31)32-17)21(16-23(29)33-22)18-10-4-2-5-11-18/h2,4-6,10-12,15,17,21,30H,3,7-9,13-14,16H2,1H3/b12-6+. The van der Waals surface area contributed by atoms with E-state index in [0.29, 0.717) is 49.7 Å². The van der Waals surface area contributed by atoms with Gasteiger partial charge in [-0.1, -0.05) is 42.5 Å². The minimum atomic E-state index is -0.630. The average molecular weight is 449 g/mol. The number of carbonyl (C=O) groups excluding carboxylic acids is 3. The van der Waals surface area contributed by atoms with Crippen LogP contribution in [-0.2, 0) is 14.3 Å². The van der Waals surface area contributed by atoms with E-state index in [2.05, 4.69) is 0 Å². The van der Waals surface area contributed by atoms with Crippen molar-refractivity contribution in [2.24, 2.45) is 0 Å². The van der Waals surface area contributed by atoms with Crippen LogP contribution in [0.3, 0.4) is 0 Å². The van der Waals surface area contributed by atoms with Crippen molar-refractivity contribution in [2.75, 3.05) is 0 Å². The number of carbonyl (C=O) groups is 3. The van der Waals surface area contributed by atoms with Gasteiger partial charge >= 0.3 is 11.9 Å². The lowest BCUT2D eigenvalue weighted by Crippen LogP contribution is -2.23. The topological polar surface area (TPSA) is 89.9 Å². The number of phenols is 1. The van der Waals surface area contributed by atoms with Crippen molar-refractivity contribution in [1.29, 1.82) is 0 Å². The molecule has 0 aromatic heterocycles. The van der Waals surface area contributed by atoms with E-state index in [1.54, 1.807) is 19.1 Å². The van der Waals surface area contributed by atoms with Crippen molar-refractivity contribution in [3.63, 3.8) is 0 Å². The number of allylic oxidation sites excluding steroid dienone is 1. The Bertz CT molecular complexity index is 1090. The van der Waals surface area contributed by atoms with Gasteiger partial charge in [0.1, 0.15) is 22.8 Å². The van der Waals surface area contributed by atoms with Crippen molar-refractivity contribution in [3.05, 3.63) is 64.7 Å². The van der Waals surface area contributed by atoms with E-state index in [1.165, 1.54) is 0 Å². The predicted octanol–water partition coefficient (Wildman–Crippen LogP) is 5.32. The van der Waals surface area contributed by atoms with Gasteiger partial charge in [-0.25, -0.2) is 4.79 Å². The highest BCUT2D eigenvalue weighted by atomic mass is 16.5. The van der Waals surface area contributed by atoms with Crippen LogP contribution < -0.4 is 4.74 Å². The third kappa shape index (κ3) is 5.16. The van der Waals surface area contributed by atoms with Crippen molar-refractivity contribution in [3.8, 4) is 11.5 Å². The van der Waals surface area contributed by atoms with Crippen molar-refractivity contribution < 1.29 is 29.0 Å². The molecule has 2 aromatic rings.